The summed E-state index contributed by atoms with van der Waals surface area (Å²) in [6.07, 6.45) is 1.58. The number of carbonyl (C=O) groups is 2. The Morgan fingerprint density at radius 2 is 2.28 bits per heavy atom. The quantitative estimate of drug-likeness (QED) is 0.661. The van der Waals surface area contributed by atoms with Gasteiger partial charge in [-0.05, 0) is 49.0 Å². The molecule has 2 aliphatic carbocycles. The van der Waals surface area contributed by atoms with Crippen molar-refractivity contribution < 1.29 is 36.5 Å². The minimum absolute atomic E-state index is 0.00633. The van der Waals surface area contributed by atoms with E-state index in [-0.39, 0.29) is 30.6 Å². The molecular weight excluding hydrogens is 368 g/mol. The number of cyclic esters (lactones) is 1. The smallest absolute Gasteiger partial charge is 0.308 e. The van der Waals surface area contributed by atoms with Gasteiger partial charge in [0.15, 0.2) is 0 Å². The van der Waals surface area contributed by atoms with E-state index in [0.29, 0.717) is 19.3 Å². The Bertz CT molecular complexity index is 973. The molecule has 0 aromatic rings. The molecule has 1 N–H and O–H groups in total. The Labute approximate surface area is 187 Å². The van der Waals surface area contributed by atoms with E-state index in [4.69, 9.17) is 21.8 Å². The van der Waals surface area contributed by atoms with Gasteiger partial charge in [0.05, 0.1) is 18.4 Å². The van der Waals surface area contributed by atoms with Crippen LogP contribution in [0.1, 0.15) is 78.4 Å². The van der Waals surface area contributed by atoms with Gasteiger partial charge < -0.3 is 14.6 Å². The topological polar surface area (TPSA) is 72.8 Å². The van der Waals surface area contributed by atoms with Crippen LogP contribution in [0.3, 0.4) is 0 Å². The molecule has 162 valence electrons. The molecule has 1 aliphatic heterocycles. The molecule has 3 aliphatic rings. The maximum absolute atomic E-state index is 13.3. The van der Waals surface area contributed by atoms with Gasteiger partial charge in [-0.3, -0.25) is 9.59 Å². The molecule has 1 saturated heterocycles. The van der Waals surface area contributed by atoms with E-state index in [1.54, 1.807) is 0 Å². The second kappa shape index (κ2) is 9.46. The number of hydrogen-bond acceptors (Lipinski definition) is 5. The van der Waals surface area contributed by atoms with Gasteiger partial charge in [0.25, 0.3) is 0 Å². The minimum atomic E-state index is -3.72. The lowest BCUT2D eigenvalue weighted by Gasteiger charge is -2.43. The maximum Gasteiger partial charge on any atom is 0.308 e. The van der Waals surface area contributed by atoms with Crippen LogP contribution in [0.2, 0.25) is 0 Å². The van der Waals surface area contributed by atoms with Crippen molar-refractivity contribution in [1.82, 2.24) is 0 Å². The number of carbonyl (C=O) groups excluding carboxylic acids is 2. The molecule has 0 saturated carbocycles. The molecule has 8 atom stereocenters. The Hall–Kier alpha value is -1.62. The largest absolute Gasteiger partial charge is 0.462 e. The maximum atomic E-state index is 13.3. The van der Waals surface area contributed by atoms with E-state index < -0.39 is 62.1 Å². The molecule has 0 unspecified atom stereocenters. The summed E-state index contributed by atoms with van der Waals surface area (Å²) in [4.78, 5) is 25.1. The standard InChI is InChI=1S/C24H36O5/c1-5-15(3)24(27)29-21-11-14(2)10-17-7-6-16(4)20(23(17)21)9-8-19-12-18(25)13-22(26)28-19/h6-7,10,14-16,18-21,23,25H,5,8-9,11-13H2,1-4H3/t14-,15-,16-,18+,19+,20-,21-,23-/m0/s1/i1D3,3D3,5D2,15D. The molecule has 1 heterocycles. The fourth-order valence-electron chi connectivity index (χ4n) is 4.89. The first kappa shape index (κ1) is 12.9. The second-order valence-corrected chi connectivity index (χ2v) is 8.51. The first-order valence-electron chi connectivity index (χ1n) is 14.8. The zero-order valence-electron chi connectivity index (χ0n) is 25.9. The van der Waals surface area contributed by atoms with Gasteiger partial charge in [-0.1, -0.05) is 45.8 Å². The van der Waals surface area contributed by atoms with Crippen LogP contribution in [0.4, 0.5) is 0 Å². The van der Waals surface area contributed by atoms with Crippen molar-refractivity contribution in [3.8, 4) is 0 Å². The van der Waals surface area contributed by atoms with Crippen molar-refractivity contribution in [1.29, 1.82) is 0 Å². The van der Waals surface area contributed by atoms with Gasteiger partial charge in [0, 0.05) is 24.7 Å². The van der Waals surface area contributed by atoms with Crippen molar-refractivity contribution in [2.24, 2.45) is 29.6 Å². The fourth-order valence-corrected chi connectivity index (χ4v) is 4.89. The predicted octanol–water partition coefficient (Wildman–Crippen LogP) is 4.20. The number of esters is 2. The summed E-state index contributed by atoms with van der Waals surface area (Å²) in [5, 5.41) is 9.95. The molecule has 1 fully saturated rings. The molecule has 0 aromatic carbocycles. The van der Waals surface area contributed by atoms with Crippen molar-refractivity contribution in [2.75, 3.05) is 0 Å². The van der Waals surface area contributed by atoms with E-state index in [0.717, 1.165) is 5.57 Å². The molecule has 5 nitrogen and oxygen atoms in total. The van der Waals surface area contributed by atoms with E-state index in [1.807, 2.05) is 32.1 Å². The van der Waals surface area contributed by atoms with E-state index >= 15 is 0 Å². The van der Waals surface area contributed by atoms with Crippen LogP contribution >= 0.6 is 0 Å². The van der Waals surface area contributed by atoms with Crippen molar-refractivity contribution in [3.63, 3.8) is 0 Å². The summed E-state index contributed by atoms with van der Waals surface area (Å²) >= 11 is 0. The second-order valence-electron chi connectivity index (χ2n) is 8.51. The molecule has 0 aromatic heterocycles. The average Bonchev–Trinajstić information content (AvgIpc) is 2.75. The Morgan fingerprint density at radius 1 is 1.45 bits per heavy atom. The highest BCUT2D eigenvalue weighted by molar-refractivity contribution is 5.72. The third kappa shape index (κ3) is 5.30. The number of fused-ring (bicyclic) bond motifs is 1. The van der Waals surface area contributed by atoms with Crippen LogP contribution in [0.15, 0.2) is 23.8 Å². The van der Waals surface area contributed by atoms with Crippen molar-refractivity contribution >= 4 is 11.9 Å². The fraction of sp³-hybridized carbons (Fsp3) is 0.750. The van der Waals surface area contributed by atoms with Crippen molar-refractivity contribution in [3.05, 3.63) is 23.8 Å². The van der Waals surface area contributed by atoms with Crippen LogP contribution in [0, 0.1) is 29.6 Å². The van der Waals surface area contributed by atoms with Gasteiger partial charge in [0.1, 0.15) is 12.2 Å². The van der Waals surface area contributed by atoms with Gasteiger partial charge >= 0.3 is 11.9 Å². The van der Waals surface area contributed by atoms with Gasteiger partial charge in [-0.25, -0.2) is 0 Å². The van der Waals surface area contributed by atoms with Gasteiger partial charge in [-0.15, -0.1) is 0 Å². The van der Waals surface area contributed by atoms with Crippen LogP contribution in [-0.2, 0) is 19.1 Å². The SMILES string of the molecule is [2H]C([2H])([2H])C([2H])([2H])[C@@]([2H])(C(=O)O[C@H]1C[C@@H](C)C=C2C=C[C@H](C)[C@H](CC[C@@H]3C[C@@H](O)CC(=O)O3)[C@H]21)C([2H])([2H])[2H]. The molecule has 3 rings (SSSR count). The Kier molecular flexibility index (Phi) is 4.22. The number of aliphatic hydroxyl groups is 1. The highest BCUT2D eigenvalue weighted by atomic mass is 16.5. The lowest BCUT2D eigenvalue weighted by atomic mass is 9.65. The summed E-state index contributed by atoms with van der Waals surface area (Å²) in [6.45, 7) is -3.33. The van der Waals surface area contributed by atoms with Crippen LogP contribution in [0.25, 0.3) is 0 Å². The third-order valence-corrected chi connectivity index (χ3v) is 6.24. The molecule has 0 radical (unpaired) electrons. The highest BCUT2D eigenvalue weighted by Gasteiger charge is 2.42. The average molecular weight is 414 g/mol. The van der Waals surface area contributed by atoms with Crippen LogP contribution < -0.4 is 0 Å². The van der Waals surface area contributed by atoms with Crippen molar-refractivity contribution in [2.45, 2.75) is 84.3 Å². The molecule has 0 spiro atoms. The van der Waals surface area contributed by atoms with Crippen LogP contribution in [-0.4, -0.2) is 35.4 Å². The summed E-state index contributed by atoms with van der Waals surface area (Å²) in [5.74, 6) is -6.53. The third-order valence-electron chi connectivity index (χ3n) is 6.24. The summed E-state index contributed by atoms with van der Waals surface area (Å²) in [6, 6.07) is 0. The molecule has 0 amide bonds. The monoisotopic (exact) mass is 413 g/mol. The first-order valence-corrected chi connectivity index (χ1v) is 10.3. The normalized spacial score (nSPS) is 44.9. The number of ether oxygens (including phenoxy) is 2. The number of allylic oxidation sites excluding steroid dienone is 3. The molecule has 5 heteroatoms. The summed E-state index contributed by atoms with van der Waals surface area (Å²) in [7, 11) is 0. The van der Waals surface area contributed by atoms with Gasteiger partial charge in [-0.2, -0.15) is 0 Å². The number of rotatable bonds is 6. The lowest BCUT2D eigenvalue weighted by molar-refractivity contribution is -0.162. The predicted molar refractivity (Wildman–Crippen MR) is 111 cm³/mol. The molecule has 0 bridgehead atoms. The van der Waals surface area contributed by atoms with Gasteiger partial charge in [0.2, 0.25) is 0 Å². The zero-order valence-corrected chi connectivity index (χ0v) is 16.9. The Morgan fingerprint density at radius 3 is 3.00 bits per heavy atom. The molecule has 29 heavy (non-hydrogen) atoms. The van der Waals surface area contributed by atoms with E-state index in [9.17, 15) is 14.7 Å². The number of hydrogen-bond donors (Lipinski definition) is 1. The number of aliphatic hydroxyl groups excluding tert-OH is 1. The lowest BCUT2D eigenvalue weighted by Crippen LogP contribution is -2.42. The van der Waals surface area contributed by atoms with E-state index in [2.05, 4.69) is 0 Å². The van der Waals surface area contributed by atoms with Crippen LogP contribution in [0.5, 0.6) is 0 Å². The first-order chi connectivity index (χ1) is 17.3. The Balaban J connectivity index is 1.90. The van der Waals surface area contributed by atoms with E-state index in [1.165, 1.54) is 0 Å². The highest BCUT2D eigenvalue weighted by Crippen LogP contribution is 2.45. The summed E-state index contributed by atoms with van der Waals surface area (Å²) < 4.78 is 81.2. The molecular formula is C24H36O5. The zero-order chi connectivity index (χ0) is 28.8. The summed E-state index contributed by atoms with van der Waals surface area (Å²) in [5.41, 5.74) is 0.855. The minimum Gasteiger partial charge on any atom is -0.462 e.